The number of thiazole rings is 1. The third-order valence-electron chi connectivity index (χ3n) is 3.12. The van der Waals surface area contributed by atoms with Gasteiger partial charge in [-0.05, 0) is 31.2 Å². The maximum atomic E-state index is 12.3. The van der Waals surface area contributed by atoms with Crippen LogP contribution in [-0.4, -0.2) is 17.5 Å². The summed E-state index contributed by atoms with van der Waals surface area (Å²) in [5, 5.41) is 3.82. The summed E-state index contributed by atoms with van der Waals surface area (Å²) in [6.45, 7) is 2.39. The van der Waals surface area contributed by atoms with Crippen LogP contribution in [0.4, 0.5) is 10.8 Å². The molecule has 118 valence electrons. The highest BCUT2D eigenvalue weighted by Gasteiger charge is 2.13. The fraction of sp³-hybridized carbons (Fsp3) is 0.125. The van der Waals surface area contributed by atoms with Gasteiger partial charge in [0.05, 0.1) is 11.3 Å². The lowest BCUT2D eigenvalue weighted by atomic mass is 10.2. The van der Waals surface area contributed by atoms with E-state index in [4.69, 9.17) is 22.1 Å². The number of rotatable bonds is 4. The first-order chi connectivity index (χ1) is 11.1. The Morgan fingerprint density at radius 3 is 2.96 bits per heavy atom. The Balaban J connectivity index is 1.94. The van der Waals surface area contributed by atoms with Crippen molar-refractivity contribution in [2.45, 2.75) is 6.92 Å². The first-order valence-electron chi connectivity index (χ1n) is 6.96. The number of anilines is 2. The van der Waals surface area contributed by atoms with Gasteiger partial charge in [0, 0.05) is 22.3 Å². The first kappa shape index (κ1) is 15.6. The zero-order valence-electron chi connectivity index (χ0n) is 12.3. The molecule has 1 amide bonds. The van der Waals surface area contributed by atoms with Crippen molar-refractivity contribution in [3.8, 4) is 5.75 Å². The molecule has 0 atom stereocenters. The highest BCUT2D eigenvalue weighted by molar-refractivity contribution is 7.22. The van der Waals surface area contributed by atoms with Crippen LogP contribution in [0.5, 0.6) is 5.75 Å². The standard InChI is InChI=1S/C16H14ClN3O2S/c1-2-22-12-7-11(8-13-14(12)20-16(18)23-13)19-15(21)9-4-3-5-10(17)6-9/h3-8H,2H2,1H3,(H2,18,20)(H,19,21). The van der Waals surface area contributed by atoms with E-state index in [0.717, 1.165) is 4.70 Å². The van der Waals surface area contributed by atoms with Crippen molar-refractivity contribution in [1.82, 2.24) is 4.98 Å². The first-order valence-corrected chi connectivity index (χ1v) is 8.16. The van der Waals surface area contributed by atoms with E-state index in [1.54, 1.807) is 30.3 Å². The minimum absolute atomic E-state index is 0.244. The van der Waals surface area contributed by atoms with E-state index in [0.29, 0.717) is 39.3 Å². The second-order valence-corrected chi connectivity index (χ2v) is 6.27. The van der Waals surface area contributed by atoms with Gasteiger partial charge < -0.3 is 15.8 Å². The number of halogens is 1. The molecule has 0 saturated carbocycles. The number of ether oxygens (including phenoxy) is 1. The van der Waals surface area contributed by atoms with Crippen LogP contribution in [0.2, 0.25) is 5.02 Å². The van der Waals surface area contributed by atoms with Gasteiger partial charge in [-0.25, -0.2) is 4.98 Å². The van der Waals surface area contributed by atoms with Gasteiger partial charge in [-0.15, -0.1) is 0 Å². The third kappa shape index (κ3) is 3.38. The minimum atomic E-state index is -0.244. The van der Waals surface area contributed by atoms with Crippen molar-refractivity contribution < 1.29 is 9.53 Å². The van der Waals surface area contributed by atoms with Crippen LogP contribution in [0.3, 0.4) is 0 Å². The number of nitrogen functional groups attached to an aromatic ring is 1. The molecule has 2 aromatic carbocycles. The quantitative estimate of drug-likeness (QED) is 0.742. The highest BCUT2D eigenvalue weighted by atomic mass is 35.5. The molecule has 0 unspecified atom stereocenters. The number of amides is 1. The molecule has 0 aliphatic rings. The number of nitrogens with one attached hydrogen (secondary N) is 1. The van der Waals surface area contributed by atoms with Gasteiger partial charge in [0.15, 0.2) is 5.13 Å². The maximum absolute atomic E-state index is 12.3. The Bertz CT molecular complexity index is 879. The molecule has 0 fully saturated rings. The number of carbonyl (C=O) groups is 1. The van der Waals surface area contributed by atoms with Crippen LogP contribution in [-0.2, 0) is 0 Å². The summed E-state index contributed by atoms with van der Waals surface area (Å²) in [4.78, 5) is 16.6. The molecule has 1 aromatic heterocycles. The topological polar surface area (TPSA) is 77.2 Å². The molecule has 3 N–H and O–H groups in total. The van der Waals surface area contributed by atoms with Crippen LogP contribution in [0, 0.1) is 0 Å². The van der Waals surface area contributed by atoms with Crippen molar-refractivity contribution in [2.24, 2.45) is 0 Å². The van der Waals surface area contributed by atoms with E-state index in [9.17, 15) is 4.79 Å². The number of carbonyl (C=O) groups excluding carboxylic acids is 1. The van der Waals surface area contributed by atoms with Crippen molar-refractivity contribution >= 4 is 49.9 Å². The Kier molecular flexibility index (Phi) is 4.36. The molecular formula is C16H14ClN3O2S. The molecule has 3 rings (SSSR count). The summed E-state index contributed by atoms with van der Waals surface area (Å²) in [5.74, 6) is 0.353. The molecule has 0 bridgehead atoms. The predicted molar refractivity (Wildman–Crippen MR) is 94.6 cm³/mol. The second kappa shape index (κ2) is 6.44. The van der Waals surface area contributed by atoms with Gasteiger partial charge in [0.2, 0.25) is 0 Å². The van der Waals surface area contributed by atoms with Crippen molar-refractivity contribution in [1.29, 1.82) is 0 Å². The van der Waals surface area contributed by atoms with E-state index >= 15 is 0 Å². The highest BCUT2D eigenvalue weighted by Crippen LogP contribution is 2.34. The predicted octanol–water partition coefficient (Wildman–Crippen LogP) is 4.18. The lowest BCUT2D eigenvalue weighted by molar-refractivity contribution is 0.102. The average Bonchev–Trinajstić information content (AvgIpc) is 2.88. The third-order valence-corrected chi connectivity index (χ3v) is 4.19. The summed E-state index contributed by atoms with van der Waals surface area (Å²) in [6.07, 6.45) is 0. The molecule has 0 aliphatic heterocycles. The lowest BCUT2D eigenvalue weighted by Crippen LogP contribution is -2.11. The molecule has 3 aromatic rings. The molecule has 0 aliphatic carbocycles. The Morgan fingerprint density at radius 2 is 2.22 bits per heavy atom. The molecular weight excluding hydrogens is 334 g/mol. The number of hydrogen-bond acceptors (Lipinski definition) is 5. The van der Waals surface area contributed by atoms with Crippen LogP contribution in [0.25, 0.3) is 10.2 Å². The van der Waals surface area contributed by atoms with E-state index in [1.165, 1.54) is 11.3 Å². The van der Waals surface area contributed by atoms with E-state index in [-0.39, 0.29) is 5.91 Å². The fourth-order valence-corrected chi connectivity index (χ4v) is 3.17. The molecule has 0 radical (unpaired) electrons. The Hall–Kier alpha value is -2.31. The molecule has 0 saturated heterocycles. The normalized spacial score (nSPS) is 10.7. The van der Waals surface area contributed by atoms with E-state index < -0.39 is 0 Å². The monoisotopic (exact) mass is 347 g/mol. The van der Waals surface area contributed by atoms with Gasteiger partial charge in [-0.1, -0.05) is 29.0 Å². The summed E-state index contributed by atoms with van der Waals surface area (Å²) >= 11 is 7.26. The fourth-order valence-electron chi connectivity index (χ4n) is 2.19. The lowest BCUT2D eigenvalue weighted by Gasteiger charge is -2.09. The van der Waals surface area contributed by atoms with Gasteiger partial charge in [-0.2, -0.15) is 0 Å². The van der Waals surface area contributed by atoms with Gasteiger partial charge >= 0.3 is 0 Å². The molecule has 0 spiro atoms. The minimum Gasteiger partial charge on any atom is -0.491 e. The van der Waals surface area contributed by atoms with Crippen LogP contribution in [0.1, 0.15) is 17.3 Å². The molecule has 7 heteroatoms. The van der Waals surface area contributed by atoms with Crippen molar-refractivity contribution in [3.05, 3.63) is 47.0 Å². The van der Waals surface area contributed by atoms with Crippen LogP contribution < -0.4 is 15.8 Å². The SMILES string of the molecule is CCOc1cc(NC(=O)c2cccc(Cl)c2)cc2sc(N)nc12. The molecule has 5 nitrogen and oxygen atoms in total. The van der Waals surface area contributed by atoms with Crippen LogP contribution in [0.15, 0.2) is 36.4 Å². The average molecular weight is 348 g/mol. The summed E-state index contributed by atoms with van der Waals surface area (Å²) < 4.78 is 6.45. The number of hydrogen-bond donors (Lipinski definition) is 2. The number of aromatic nitrogens is 1. The summed E-state index contributed by atoms with van der Waals surface area (Å²) in [7, 11) is 0. The number of benzene rings is 2. The van der Waals surface area contributed by atoms with Gasteiger partial charge in [0.25, 0.3) is 5.91 Å². The number of nitrogens with two attached hydrogens (primary N) is 1. The van der Waals surface area contributed by atoms with Crippen molar-refractivity contribution in [2.75, 3.05) is 17.7 Å². The zero-order chi connectivity index (χ0) is 16.4. The number of fused-ring (bicyclic) bond motifs is 1. The van der Waals surface area contributed by atoms with Gasteiger partial charge in [0.1, 0.15) is 11.3 Å². The molecule has 1 heterocycles. The van der Waals surface area contributed by atoms with Crippen LogP contribution >= 0.6 is 22.9 Å². The van der Waals surface area contributed by atoms with Crippen molar-refractivity contribution in [3.63, 3.8) is 0 Å². The smallest absolute Gasteiger partial charge is 0.255 e. The number of nitrogens with zero attached hydrogens (tertiary/aromatic N) is 1. The van der Waals surface area contributed by atoms with E-state index in [1.807, 2.05) is 13.0 Å². The zero-order valence-corrected chi connectivity index (χ0v) is 13.9. The van der Waals surface area contributed by atoms with Gasteiger partial charge in [-0.3, -0.25) is 4.79 Å². The second-order valence-electron chi connectivity index (χ2n) is 4.77. The summed E-state index contributed by atoms with van der Waals surface area (Å²) in [6, 6.07) is 10.3. The van der Waals surface area contributed by atoms with E-state index in [2.05, 4.69) is 10.3 Å². The Morgan fingerprint density at radius 1 is 1.39 bits per heavy atom. The Labute approximate surface area is 142 Å². The largest absolute Gasteiger partial charge is 0.491 e. The maximum Gasteiger partial charge on any atom is 0.255 e. The molecule has 23 heavy (non-hydrogen) atoms. The summed E-state index contributed by atoms with van der Waals surface area (Å²) in [5.41, 5.74) is 7.57.